The van der Waals surface area contributed by atoms with E-state index in [1.165, 1.54) is 43.9 Å². The zero-order valence-corrected chi connectivity index (χ0v) is 11.5. The third kappa shape index (κ3) is 5.73. The van der Waals surface area contributed by atoms with E-state index in [0.29, 0.717) is 12.1 Å². The molecule has 0 aromatic heterocycles. The minimum Gasteiger partial charge on any atom is -0.398 e. The maximum absolute atomic E-state index is 12.9. The number of anilines is 1. The van der Waals surface area contributed by atoms with Crippen LogP contribution >= 0.6 is 0 Å². The fourth-order valence-electron chi connectivity index (χ4n) is 1.94. The Bertz CT molecular complexity index is 407. The van der Waals surface area contributed by atoms with Crippen molar-refractivity contribution in [2.75, 3.05) is 12.3 Å². The molecule has 0 unspecified atom stereocenters. The second-order valence-electron chi connectivity index (χ2n) is 4.76. The number of nitrogens with one attached hydrogen (secondary N) is 1. The van der Waals surface area contributed by atoms with E-state index in [-0.39, 0.29) is 11.6 Å². The van der Waals surface area contributed by atoms with Crippen LogP contribution in [0.15, 0.2) is 18.2 Å². The lowest BCUT2D eigenvalue weighted by atomic mass is 10.1. The molecule has 0 spiro atoms. The molecule has 1 aromatic carbocycles. The van der Waals surface area contributed by atoms with Crippen molar-refractivity contribution in [2.45, 2.75) is 45.4 Å². The Morgan fingerprint density at radius 1 is 1.21 bits per heavy atom. The molecule has 19 heavy (non-hydrogen) atoms. The fourth-order valence-corrected chi connectivity index (χ4v) is 1.94. The van der Waals surface area contributed by atoms with Gasteiger partial charge in [-0.1, -0.05) is 39.0 Å². The normalized spacial score (nSPS) is 10.4. The second-order valence-corrected chi connectivity index (χ2v) is 4.76. The van der Waals surface area contributed by atoms with Gasteiger partial charge >= 0.3 is 0 Å². The molecule has 1 amide bonds. The van der Waals surface area contributed by atoms with E-state index in [1.54, 1.807) is 0 Å². The number of unbranched alkanes of at least 4 members (excludes halogenated alkanes) is 5. The van der Waals surface area contributed by atoms with Gasteiger partial charge in [-0.25, -0.2) is 4.39 Å². The SMILES string of the molecule is CCCCCCCCNC(=O)c1ccc(F)cc1N. The first-order valence-corrected chi connectivity index (χ1v) is 6.98. The van der Waals surface area contributed by atoms with Gasteiger partial charge < -0.3 is 11.1 Å². The zero-order chi connectivity index (χ0) is 14.1. The maximum atomic E-state index is 12.9. The van der Waals surface area contributed by atoms with Gasteiger partial charge in [0.2, 0.25) is 0 Å². The highest BCUT2D eigenvalue weighted by atomic mass is 19.1. The van der Waals surface area contributed by atoms with Crippen molar-refractivity contribution in [2.24, 2.45) is 0 Å². The molecule has 0 aliphatic heterocycles. The molecule has 0 atom stereocenters. The molecule has 3 N–H and O–H groups in total. The molecule has 0 fully saturated rings. The minimum absolute atomic E-state index is 0.181. The molecule has 3 nitrogen and oxygen atoms in total. The van der Waals surface area contributed by atoms with E-state index in [9.17, 15) is 9.18 Å². The number of carbonyl (C=O) groups is 1. The molecule has 0 saturated heterocycles. The molecule has 0 aliphatic carbocycles. The molecule has 0 bridgehead atoms. The molecule has 0 aliphatic rings. The van der Waals surface area contributed by atoms with Crippen molar-refractivity contribution in [3.05, 3.63) is 29.6 Å². The number of nitrogens with two attached hydrogens (primary N) is 1. The van der Waals surface area contributed by atoms with E-state index in [1.807, 2.05) is 0 Å². The molecule has 106 valence electrons. The Balaban J connectivity index is 2.24. The molecule has 1 rings (SSSR count). The Morgan fingerprint density at radius 3 is 2.58 bits per heavy atom. The first-order chi connectivity index (χ1) is 9.15. The van der Waals surface area contributed by atoms with Gasteiger partial charge in [-0.3, -0.25) is 4.79 Å². The predicted molar refractivity (Wildman–Crippen MR) is 76.5 cm³/mol. The average molecular weight is 266 g/mol. The predicted octanol–water partition coefficient (Wildman–Crippen LogP) is 3.50. The van der Waals surface area contributed by atoms with Gasteiger partial charge in [-0.2, -0.15) is 0 Å². The standard InChI is InChI=1S/C15H23FN2O/c1-2-3-4-5-6-7-10-18-15(19)13-9-8-12(16)11-14(13)17/h8-9,11H,2-7,10,17H2,1H3,(H,18,19). The summed E-state index contributed by atoms with van der Waals surface area (Å²) in [5.74, 6) is -0.656. The van der Waals surface area contributed by atoms with Gasteiger partial charge in [0.1, 0.15) is 5.82 Å². The molecule has 1 aromatic rings. The molecule has 0 radical (unpaired) electrons. The van der Waals surface area contributed by atoms with Crippen LogP contribution in [-0.4, -0.2) is 12.5 Å². The summed E-state index contributed by atoms with van der Waals surface area (Å²) < 4.78 is 12.9. The number of hydrogen-bond acceptors (Lipinski definition) is 2. The number of halogens is 1. The van der Waals surface area contributed by atoms with Crippen molar-refractivity contribution in [3.8, 4) is 0 Å². The van der Waals surface area contributed by atoms with Gasteiger partial charge in [0.15, 0.2) is 0 Å². The molecule has 0 saturated carbocycles. The van der Waals surface area contributed by atoms with E-state index in [2.05, 4.69) is 12.2 Å². The van der Waals surface area contributed by atoms with Gasteiger partial charge in [-0.05, 0) is 24.6 Å². The third-order valence-electron chi connectivity index (χ3n) is 3.07. The summed E-state index contributed by atoms with van der Waals surface area (Å²) in [5, 5.41) is 2.81. The summed E-state index contributed by atoms with van der Waals surface area (Å²) in [5.41, 5.74) is 6.13. The summed E-state index contributed by atoms with van der Waals surface area (Å²) >= 11 is 0. The van der Waals surface area contributed by atoms with Crippen molar-refractivity contribution in [1.82, 2.24) is 5.32 Å². The van der Waals surface area contributed by atoms with Crippen LogP contribution in [0.1, 0.15) is 55.8 Å². The Morgan fingerprint density at radius 2 is 1.89 bits per heavy atom. The maximum Gasteiger partial charge on any atom is 0.253 e. The van der Waals surface area contributed by atoms with Crippen LogP contribution in [0, 0.1) is 5.82 Å². The number of amides is 1. The van der Waals surface area contributed by atoms with Gasteiger partial charge in [-0.15, -0.1) is 0 Å². The lowest BCUT2D eigenvalue weighted by Gasteiger charge is -2.07. The topological polar surface area (TPSA) is 55.1 Å². The van der Waals surface area contributed by atoms with Crippen LogP contribution in [-0.2, 0) is 0 Å². The third-order valence-corrected chi connectivity index (χ3v) is 3.07. The number of hydrogen-bond donors (Lipinski definition) is 2. The van der Waals surface area contributed by atoms with Crippen LogP contribution in [0.3, 0.4) is 0 Å². The molecular formula is C15H23FN2O. The zero-order valence-electron chi connectivity index (χ0n) is 11.5. The minimum atomic E-state index is -0.426. The molecule has 4 heteroatoms. The summed E-state index contributed by atoms with van der Waals surface area (Å²) in [6, 6.07) is 3.83. The molecular weight excluding hydrogens is 243 g/mol. The van der Waals surface area contributed by atoms with E-state index in [0.717, 1.165) is 12.8 Å². The first kappa shape index (κ1) is 15.5. The second kappa shape index (κ2) is 8.51. The number of rotatable bonds is 8. The van der Waals surface area contributed by atoms with Crippen LogP contribution in [0.25, 0.3) is 0 Å². The number of nitrogen functional groups attached to an aromatic ring is 1. The van der Waals surface area contributed by atoms with Crippen LogP contribution < -0.4 is 11.1 Å². The van der Waals surface area contributed by atoms with Gasteiger partial charge in [0.25, 0.3) is 5.91 Å². The van der Waals surface area contributed by atoms with Crippen molar-refractivity contribution in [1.29, 1.82) is 0 Å². The monoisotopic (exact) mass is 266 g/mol. The van der Waals surface area contributed by atoms with Crippen molar-refractivity contribution < 1.29 is 9.18 Å². The Labute approximate surface area is 114 Å². The summed E-state index contributed by atoms with van der Waals surface area (Å²) in [7, 11) is 0. The van der Waals surface area contributed by atoms with Gasteiger partial charge in [0, 0.05) is 12.2 Å². The highest BCUT2D eigenvalue weighted by molar-refractivity contribution is 5.99. The summed E-state index contributed by atoms with van der Waals surface area (Å²) in [6.07, 6.45) is 7.08. The average Bonchev–Trinajstić information content (AvgIpc) is 2.37. The molecule has 0 heterocycles. The number of benzene rings is 1. The van der Waals surface area contributed by atoms with E-state index in [4.69, 9.17) is 5.73 Å². The summed E-state index contributed by atoms with van der Waals surface area (Å²) in [4.78, 5) is 11.8. The van der Waals surface area contributed by atoms with Crippen molar-refractivity contribution in [3.63, 3.8) is 0 Å². The summed E-state index contributed by atoms with van der Waals surface area (Å²) in [6.45, 7) is 2.83. The quantitative estimate of drug-likeness (QED) is 0.559. The van der Waals surface area contributed by atoms with E-state index >= 15 is 0 Å². The van der Waals surface area contributed by atoms with Gasteiger partial charge in [0.05, 0.1) is 5.56 Å². The van der Waals surface area contributed by atoms with Crippen molar-refractivity contribution >= 4 is 11.6 Å². The Hall–Kier alpha value is -1.58. The fraction of sp³-hybridized carbons (Fsp3) is 0.533. The van der Waals surface area contributed by atoms with Crippen LogP contribution in [0.5, 0.6) is 0 Å². The van der Waals surface area contributed by atoms with Crippen LogP contribution in [0.4, 0.5) is 10.1 Å². The Kier molecular flexibility index (Phi) is 6.93. The highest BCUT2D eigenvalue weighted by Gasteiger charge is 2.09. The lowest BCUT2D eigenvalue weighted by molar-refractivity contribution is 0.0954. The largest absolute Gasteiger partial charge is 0.398 e. The highest BCUT2D eigenvalue weighted by Crippen LogP contribution is 2.13. The lowest BCUT2D eigenvalue weighted by Crippen LogP contribution is -2.25. The first-order valence-electron chi connectivity index (χ1n) is 6.98. The smallest absolute Gasteiger partial charge is 0.253 e. The number of carbonyl (C=O) groups excluding carboxylic acids is 1. The van der Waals surface area contributed by atoms with E-state index < -0.39 is 5.82 Å². The van der Waals surface area contributed by atoms with Crippen LogP contribution in [0.2, 0.25) is 0 Å².